The van der Waals surface area contributed by atoms with Crippen LogP contribution in [-0.4, -0.2) is 71.7 Å². The van der Waals surface area contributed by atoms with Gasteiger partial charge in [0.15, 0.2) is 6.61 Å². The van der Waals surface area contributed by atoms with Gasteiger partial charge in [-0.15, -0.1) is 0 Å². The lowest BCUT2D eigenvalue weighted by atomic mass is 9.87. The first kappa shape index (κ1) is 32.3. The van der Waals surface area contributed by atoms with Crippen molar-refractivity contribution in [1.82, 2.24) is 0 Å². The second kappa shape index (κ2) is 8.46. The topological polar surface area (TPSA) is 46.5 Å². The van der Waals surface area contributed by atoms with Crippen LogP contribution in [0.4, 0.5) is 70.2 Å². The highest BCUT2D eigenvalue weighted by Crippen LogP contribution is 2.63. The van der Waals surface area contributed by atoms with Crippen molar-refractivity contribution in [2.45, 2.75) is 68.2 Å². The fourth-order valence-corrected chi connectivity index (χ4v) is 1.81. The van der Waals surface area contributed by atoms with Gasteiger partial charge >= 0.3 is 53.3 Å². The van der Waals surface area contributed by atoms with Gasteiger partial charge < -0.3 is 9.84 Å². The van der Waals surface area contributed by atoms with Crippen molar-refractivity contribution >= 4 is 5.97 Å². The van der Waals surface area contributed by atoms with Crippen molar-refractivity contribution in [2.75, 3.05) is 13.2 Å². The molecule has 3 nitrogen and oxygen atoms in total. The highest BCUT2D eigenvalue weighted by atomic mass is 19.4. The second-order valence-electron chi connectivity index (χ2n) is 7.84. The zero-order valence-electron chi connectivity index (χ0n) is 16.7. The maximum absolute atomic E-state index is 13.6. The van der Waals surface area contributed by atoms with Gasteiger partial charge in [0.25, 0.3) is 0 Å². The number of carbonyl (C=O) groups is 1. The third kappa shape index (κ3) is 4.47. The molecule has 0 aromatic carbocycles. The first-order valence-corrected chi connectivity index (χ1v) is 8.24. The van der Waals surface area contributed by atoms with Crippen molar-refractivity contribution in [2.24, 2.45) is 5.41 Å². The monoisotopic (exact) mass is 546 g/mol. The number of rotatable bonds is 10. The van der Waals surface area contributed by atoms with Crippen LogP contribution in [0, 0.1) is 5.41 Å². The standard InChI is InChI=1S/C15H14F16O3/c1-7(2,3)6(33)34-5-9(18,19)11(22,23)13(26,27)15(30,31)14(28,29)12(24,25)10(20,21)8(16,17)4-32/h32H,4-5H2,1-3H3. The number of aliphatic hydroxyl groups excluding tert-OH is 1. The van der Waals surface area contributed by atoms with Crippen molar-refractivity contribution in [3.05, 3.63) is 0 Å². The highest BCUT2D eigenvalue weighted by Gasteiger charge is 2.94. The lowest BCUT2D eigenvalue weighted by Gasteiger charge is -2.43. The van der Waals surface area contributed by atoms with Gasteiger partial charge in [0.2, 0.25) is 0 Å². The number of alkyl halides is 16. The van der Waals surface area contributed by atoms with E-state index in [0.29, 0.717) is 0 Å². The average Bonchev–Trinajstić information content (AvgIpc) is 2.63. The molecule has 19 heteroatoms. The van der Waals surface area contributed by atoms with Crippen LogP contribution < -0.4 is 0 Å². The number of carbonyl (C=O) groups excluding carboxylic acids is 1. The molecule has 0 aromatic heterocycles. The Morgan fingerprint density at radius 2 is 0.824 bits per heavy atom. The minimum absolute atomic E-state index is 0.888. The maximum atomic E-state index is 13.6. The summed E-state index contributed by atoms with van der Waals surface area (Å²) in [5.74, 6) is -64.7. The van der Waals surface area contributed by atoms with Gasteiger partial charge in [-0.2, -0.15) is 70.2 Å². The van der Waals surface area contributed by atoms with Gasteiger partial charge in [-0.1, -0.05) is 0 Å². The van der Waals surface area contributed by atoms with Gasteiger partial charge in [0.05, 0.1) is 5.41 Å². The molecular formula is C15H14F16O3. The molecule has 34 heavy (non-hydrogen) atoms. The molecule has 0 aliphatic heterocycles. The third-order valence-corrected chi connectivity index (χ3v) is 4.09. The van der Waals surface area contributed by atoms with Gasteiger partial charge in [-0.05, 0) is 20.8 Å². The Bertz CT molecular complexity index is 753. The first-order chi connectivity index (χ1) is 14.4. The number of aliphatic hydroxyl groups is 1. The summed E-state index contributed by atoms with van der Waals surface area (Å²) < 4.78 is 218. The number of ether oxygens (including phenoxy) is 1. The summed E-state index contributed by atoms with van der Waals surface area (Å²) in [6.07, 6.45) is 0. The van der Waals surface area contributed by atoms with Gasteiger partial charge in [0, 0.05) is 0 Å². The highest BCUT2D eigenvalue weighted by molar-refractivity contribution is 5.75. The molecule has 204 valence electrons. The molecule has 0 rings (SSSR count). The van der Waals surface area contributed by atoms with E-state index in [9.17, 15) is 75.0 Å². The van der Waals surface area contributed by atoms with E-state index in [4.69, 9.17) is 5.11 Å². The van der Waals surface area contributed by atoms with Crippen LogP contribution in [-0.2, 0) is 9.53 Å². The van der Waals surface area contributed by atoms with E-state index in [-0.39, 0.29) is 0 Å². The normalized spacial score (nSPS) is 16.0. The van der Waals surface area contributed by atoms with E-state index in [1.165, 1.54) is 0 Å². The molecule has 1 N–H and O–H groups in total. The summed E-state index contributed by atoms with van der Waals surface area (Å²) in [6.45, 7) is -3.98. The summed E-state index contributed by atoms with van der Waals surface area (Å²) in [4.78, 5) is 11.3. The van der Waals surface area contributed by atoms with Crippen LogP contribution >= 0.6 is 0 Å². The van der Waals surface area contributed by atoms with Crippen LogP contribution in [0.1, 0.15) is 20.8 Å². The zero-order valence-corrected chi connectivity index (χ0v) is 16.7. The van der Waals surface area contributed by atoms with E-state index < -0.39 is 72.0 Å². The Morgan fingerprint density at radius 3 is 1.09 bits per heavy atom. The van der Waals surface area contributed by atoms with E-state index >= 15 is 0 Å². The molecule has 0 spiro atoms. The molecule has 0 saturated carbocycles. The molecule has 0 aliphatic carbocycles. The van der Waals surface area contributed by atoms with Crippen molar-refractivity contribution < 1.29 is 84.9 Å². The predicted octanol–water partition coefficient (Wildman–Crippen LogP) is 5.65. The van der Waals surface area contributed by atoms with Crippen LogP contribution in [0.15, 0.2) is 0 Å². The van der Waals surface area contributed by atoms with Gasteiger partial charge in [0.1, 0.15) is 6.61 Å². The van der Waals surface area contributed by atoms with Crippen molar-refractivity contribution in [1.29, 1.82) is 0 Å². The minimum atomic E-state index is -8.57. The van der Waals surface area contributed by atoms with E-state index in [1.54, 1.807) is 0 Å². The zero-order chi connectivity index (χ0) is 28.2. The molecule has 0 heterocycles. The predicted molar refractivity (Wildman–Crippen MR) is 77.1 cm³/mol. The Kier molecular flexibility index (Phi) is 8.04. The van der Waals surface area contributed by atoms with Gasteiger partial charge in [-0.3, -0.25) is 4.79 Å². The number of halogens is 16. The van der Waals surface area contributed by atoms with Gasteiger partial charge in [-0.25, -0.2) is 0 Å². The molecule has 0 atom stereocenters. The van der Waals surface area contributed by atoms with E-state index in [0.717, 1.165) is 20.8 Å². The lowest BCUT2D eigenvalue weighted by molar-refractivity contribution is -0.454. The molecule has 0 radical (unpaired) electrons. The summed E-state index contributed by atoms with van der Waals surface area (Å²) in [7, 11) is 0. The molecule has 0 bridgehead atoms. The number of esters is 1. The van der Waals surface area contributed by atoms with E-state index in [1.807, 2.05) is 0 Å². The molecular weight excluding hydrogens is 532 g/mol. The Morgan fingerprint density at radius 1 is 0.559 bits per heavy atom. The molecule has 0 amide bonds. The summed E-state index contributed by atoms with van der Waals surface area (Å²) in [5, 5.41) is 7.91. The quantitative estimate of drug-likeness (QED) is 0.285. The van der Waals surface area contributed by atoms with Crippen molar-refractivity contribution in [3.8, 4) is 0 Å². The largest absolute Gasteiger partial charge is 0.459 e. The second-order valence-corrected chi connectivity index (χ2v) is 7.84. The summed E-state index contributed by atoms with van der Waals surface area (Å²) in [6, 6.07) is 0. The fraction of sp³-hybridized carbons (Fsp3) is 0.933. The number of hydrogen-bond donors (Lipinski definition) is 1. The smallest absolute Gasteiger partial charge is 0.385 e. The van der Waals surface area contributed by atoms with Crippen LogP contribution in [0.3, 0.4) is 0 Å². The Balaban J connectivity index is 6.56. The Hall–Kier alpha value is -1.69. The fourth-order valence-electron chi connectivity index (χ4n) is 1.81. The third-order valence-electron chi connectivity index (χ3n) is 4.09. The molecule has 0 unspecified atom stereocenters. The lowest BCUT2D eigenvalue weighted by Crippen LogP contribution is -2.75. The molecule has 0 fully saturated rings. The first-order valence-electron chi connectivity index (χ1n) is 8.24. The molecule has 0 aliphatic rings. The van der Waals surface area contributed by atoms with Crippen molar-refractivity contribution in [3.63, 3.8) is 0 Å². The van der Waals surface area contributed by atoms with Crippen LogP contribution in [0.25, 0.3) is 0 Å². The molecule has 0 saturated heterocycles. The summed E-state index contributed by atoms with van der Waals surface area (Å²) >= 11 is 0. The Labute approximate surface area is 179 Å². The van der Waals surface area contributed by atoms with Crippen LogP contribution in [0.2, 0.25) is 0 Å². The maximum Gasteiger partial charge on any atom is 0.385 e. The minimum Gasteiger partial charge on any atom is -0.459 e. The summed E-state index contributed by atoms with van der Waals surface area (Å²) in [5.41, 5.74) is -1.80. The van der Waals surface area contributed by atoms with E-state index in [2.05, 4.69) is 4.74 Å². The molecule has 0 aromatic rings. The SMILES string of the molecule is CC(C)(C)C(=O)OCC(F)(F)C(F)(F)C(F)(F)C(F)(F)C(F)(F)C(F)(F)C(F)(F)C(F)(F)CO. The average molecular weight is 546 g/mol. The van der Waals surface area contributed by atoms with Crippen LogP contribution in [0.5, 0.6) is 0 Å². The number of hydrogen-bond acceptors (Lipinski definition) is 3.